The number of carbonyl (C=O) groups excluding carboxylic acids is 1. The maximum Gasteiger partial charge on any atom is 0.222 e. The van der Waals surface area contributed by atoms with Gasteiger partial charge in [0.05, 0.1) is 0 Å². The molecule has 0 radical (unpaired) electrons. The van der Waals surface area contributed by atoms with Crippen LogP contribution in [0.5, 0.6) is 0 Å². The number of Topliss-reactive ketones (excluding diaryl/α,β-unsaturated/α-hetero) is 1. The summed E-state index contributed by atoms with van der Waals surface area (Å²) in [5, 5.41) is 0.115. The average molecular weight is 171 g/mol. The first-order chi connectivity index (χ1) is 5.24. The maximum absolute atomic E-state index is 11.0. The molecule has 0 saturated heterocycles. The van der Waals surface area contributed by atoms with Crippen molar-refractivity contribution in [2.24, 2.45) is 0 Å². The predicted molar refractivity (Wildman–Crippen MR) is 41.7 cm³/mol. The van der Waals surface area contributed by atoms with E-state index >= 15 is 0 Å². The standard InChI is InChI=1S/C7H7ClN2O/c1-2-6(11)5-3-4-9-7(8)10-5/h3-4H,2H2,1H3. The molecule has 0 atom stereocenters. The number of ketones is 1. The van der Waals surface area contributed by atoms with Gasteiger partial charge in [0.15, 0.2) is 5.78 Å². The number of hydrogen-bond donors (Lipinski definition) is 0. The van der Waals surface area contributed by atoms with E-state index in [0.717, 1.165) is 0 Å². The molecule has 1 rings (SSSR count). The summed E-state index contributed by atoms with van der Waals surface area (Å²) in [7, 11) is 0. The van der Waals surface area contributed by atoms with Crippen LogP contribution in [0.15, 0.2) is 12.3 Å². The SMILES string of the molecule is CCC(=O)c1ccnc(Cl)n1. The number of rotatable bonds is 2. The molecule has 0 spiro atoms. The molecule has 0 amide bonds. The molecule has 0 aliphatic rings. The van der Waals surface area contributed by atoms with Gasteiger partial charge in [0, 0.05) is 12.6 Å². The van der Waals surface area contributed by atoms with Crippen LogP contribution in [-0.4, -0.2) is 15.8 Å². The van der Waals surface area contributed by atoms with Crippen molar-refractivity contribution < 1.29 is 4.79 Å². The molecular formula is C7H7ClN2O. The smallest absolute Gasteiger partial charge is 0.222 e. The van der Waals surface area contributed by atoms with Crippen LogP contribution in [0, 0.1) is 0 Å². The quantitative estimate of drug-likeness (QED) is 0.502. The highest BCUT2D eigenvalue weighted by Crippen LogP contribution is 2.02. The maximum atomic E-state index is 11.0. The molecule has 1 aromatic heterocycles. The fourth-order valence-electron chi connectivity index (χ4n) is 0.671. The van der Waals surface area contributed by atoms with Crippen LogP contribution in [0.25, 0.3) is 0 Å². The van der Waals surface area contributed by atoms with Gasteiger partial charge >= 0.3 is 0 Å². The number of nitrogens with zero attached hydrogens (tertiary/aromatic N) is 2. The van der Waals surface area contributed by atoms with Crippen LogP contribution in [0.2, 0.25) is 5.28 Å². The Morgan fingerprint density at radius 2 is 2.45 bits per heavy atom. The monoisotopic (exact) mass is 170 g/mol. The summed E-state index contributed by atoms with van der Waals surface area (Å²) in [6, 6.07) is 1.55. The molecule has 1 heterocycles. The minimum absolute atomic E-state index is 0.0192. The summed E-state index contributed by atoms with van der Waals surface area (Å²) in [4.78, 5) is 18.4. The predicted octanol–water partition coefficient (Wildman–Crippen LogP) is 1.72. The highest BCUT2D eigenvalue weighted by Gasteiger charge is 2.04. The van der Waals surface area contributed by atoms with Crippen molar-refractivity contribution in [3.8, 4) is 0 Å². The van der Waals surface area contributed by atoms with E-state index in [-0.39, 0.29) is 11.1 Å². The van der Waals surface area contributed by atoms with Gasteiger partial charge in [-0.25, -0.2) is 9.97 Å². The van der Waals surface area contributed by atoms with Crippen LogP contribution < -0.4 is 0 Å². The van der Waals surface area contributed by atoms with Gasteiger partial charge in [0.2, 0.25) is 5.28 Å². The minimum atomic E-state index is -0.0192. The Bertz CT molecular complexity index is 275. The van der Waals surface area contributed by atoms with Crippen LogP contribution in [0.4, 0.5) is 0 Å². The number of carbonyl (C=O) groups is 1. The van der Waals surface area contributed by atoms with E-state index in [4.69, 9.17) is 11.6 Å². The van der Waals surface area contributed by atoms with Gasteiger partial charge in [-0.05, 0) is 17.7 Å². The summed E-state index contributed by atoms with van der Waals surface area (Å²) in [5.41, 5.74) is 0.382. The Kier molecular flexibility index (Phi) is 2.54. The summed E-state index contributed by atoms with van der Waals surface area (Å²) >= 11 is 5.47. The highest BCUT2D eigenvalue weighted by molar-refractivity contribution is 6.28. The molecule has 0 N–H and O–H groups in total. The van der Waals surface area contributed by atoms with E-state index in [0.29, 0.717) is 12.1 Å². The Labute approximate surface area is 69.4 Å². The average Bonchev–Trinajstić information content (AvgIpc) is 2.03. The molecule has 58 valence electrons. The zero-order valence-electron chi connectivity index (χ0n) is 6.04. The topological polar surface area (TPSA) is 42.9 Å². The zero-order chi connectivity index (χ0) is 8.27. The van der Waals surface area contributed by atoms with Crippen LogP contribution in [-0.2, 0) is 0 Å². The second-order valence-corrected chi connectivity index (χ2v) is 2.33. The first kappa shape index (κ1) is 8.14. The van der Waals surface area contributed by atoms with Gasteiger partial charge < -0.3 is 0 Å². The van der Waals surface area contributed by atoms with Crippen molar-refractivity contribution in [3.63, 3.8) is 0 Å². The third-order valence-corrected chi connectivity index (χ3v) is 1.42. The van der Waals surface area contributed by atoms with Gasteiger partial charge in [-0.3, -0.25) is 4.79 Å². The Morgan fingerprint density at radius 1 is 1.73 bits per heavy atom. The molecule has 11 heavy (non-hydrogen) atoms. The molecule has 0 unspecified atom stereocenters. The largest absolute Gasteiger partial charge is 0.292 e. The minimum Gasteiger partial charge on any atom is -0.292 e. The van der Waals surface area contributed by atoms with Gasteiger partial charge in [0.1, 0.15) is 5.69 Å². The lowest BCUT2D eigenvalue weighted by Gasteiger charge is -1.94. The Balaban J connectivity index is 2.96. The van der Waals surface area contributed by atoms with Crippen LogP contribution in [0.1, 0.15) is 23.8 Å². The fourth-order valence-corrected chi connectivity index (χ4v) is 0.819. The highest BCUT2D eigenvalue weighted by atomic mass is 35.5. The molecule has 3 nitrogen and oxygen atoms in total. The molecule has 0 saturated carbocycles. The van der Waals surface area contributed by atoms with Gasteiger partial charge in [-0.1, -0.05) is 6.92 Å². The summed E-state index contributed by atoms with van der Waals surface area (Å²) in [6.45, 7) is 1.78. The molecule has 0 aliphatic carbocycles. The van der Waals surface area contributed by atoms with E-state index in [1.807, 2.05) is 0 Å². The lowest BCUT2D eigenvalue weighted by molar-refractivity contribution is 0.0983. The van der Waals surface area contributed by atoms with Crippen molar-refractivity contribution >= 4 is 17.4 Å². The molecule has 0 aliphatic heterocycles. The van der Waals surface area contributed by atoms with Crippen molar-refractivity contribution in [3.05, 3.63) is 23.2 Å². The lowest BCUT2D eigenvalue weighted by atomic mass is 10.2. The van der Waals surface area contributed by atoms with Gasteiger partial charge in [0.25, 0.3) is 0 Å². The third kappa shape index (κ3) is 1.98. The van der Waals surface area contributed by atoms with Crippen molar-refractivity contribution in [2.45, 2.75) is 13.3 Å². The van der Waals surface area contributed by atoms with Crippen LogP contribution in [0.3, 0.4) is 0 Å². The van der Waals surface area contributed by atoms with Gasteiger partial charge in [-0.2, -0.15) is 0 Å². The molecule has 1 aromatic rings. The molecule has 0 aromatic carbocycles. The molecule has 4 heteroatoms. The second kappa shape index (κ2) is 3.44. The Hall–Kier alpha value is -0.960. The fraction of sp³-hybridized carbons (Fsp3) is 0.286. The van der Waals surface area contributed by atoms with Crippen molar-refractivity contribution in [1.82, 2.24) is 9.97 Å². The summed E-state index contributed by atoms with van der Waals surface area (Å²) < 4.78 is 0. The number of halogens is 1. The van der Waals surface area contributed by atoms with Crippen molar-refractivity contribution in [2.75, 3.05) is 0 Å². The first-order valence-electron chi connectivity index (χ1n) is 3.25. The second-order valence-electron chi connectivity index (χ2n) is 1.99. The summed E-state index contributed by atoms with van der Waals surface area (Å²) in [5.74, 6) is -0.0192. The van der Waals surface area contributed by atoms with E-state index < -0.39 is 0 Å². The molecule has 0 bridgehead atoms. The molecular weight excluding hydrogens is 164 g/mol. The lowest BCUT2D eigenvalue weighted by Crippen LogP contribution is -2.00. The Morgan fingerprint density at radius 3 is 3.00 bits per heavy atom. The summed E-state index contributed by atoms with van der Waals surface area (Å²) in [6.07, 6.45) is 1.91. The van der Waals surface area contributed by atoms with E-state index in [9.17, 15) is 4.79 Å². The number of aromatic nitrogens is 2. The normalized spacial score (nSPS) is 9.64. The third-order valence-electron chi connectivity index (χ3n) is 1.23. The van der Waals surface area contributed by atoms with Crippen molar-refractivity contribution in [1.29, 1.82) is 0 Å². The van der Waals surface area contributed by atoms with E-state index in [1.54, 1.807) is 13.0 Å². The zero-order valence-corrected chi connectivity index (χ0v) is 6.80. The first-order valence-corrected chi connectivity index (χ1v) is 3.63. The van der Waals surface area contributed by atoms with E-state index in [1.165, 1.54) is 6.20 Å². The van der Waals surface area contributed by atoms with Crippen LogP contribution >= 0.6 is 11.6 Å². The number of hydrogen-bond acceptors (Lipinski definition) is 3. The molecule has 0 fully saturated rings. The van der Waals surface area contributed by atoms with Gasteiger partial charge in [-0.15, -0.1) is 0 Å². The van der Waals surface area contributed by atoms with E-state index in [2.05, 4.69) is 9.97 Å².